The summed E-state index contributed by atoms with van der Waals surface area (Å²) in [7, 11) is 0. The largest absolute Gasteiger partial charge is 0.458 e. The van der Waals surface area contributed by atoms with Crippen LogP contribution in [0.25, 0.3) is 10.9 Å². The number of nitrogens with zero attached hydrogens (tertiary/aromatic N) is 2. The molecule has 0 unspecified atom stereocenters. The minimum Gasteiger partial charge on any atom is -0.458 e. The van der Waals surface area contributed by atoms with Gasteiger partial charge in [0.05, 0.1) is 10.4 Å². The second-order valence-electron chi connectivity index (χ2n) is 10.6. The number of aromatic nitrogens is 1. The van der Waals surface area contributed by atoms with Crippen molar-refractivity contribution in [1.82, 2.24) is 9.88 Å². The fourth-order valence-electron chi connectivity index (χ4n) is 3.58. The van der Waals surface area contributed by atoms with Gasteiger partial charge in [0.1, 0.15) is 23.0 Å². The molecule has 0 saturated carbocycles. The molecule has 2 aromatic carbocycles. The van der Waals surface area contributed by atoms with Crippen LogP contribution in [0.2, 0.25) is 0 Å². The number of amides is 1. The van der Waals surface area contributed by atoms with Gasteiger partial charge in [-0.05, 0) is 65.3 Å². The Morgan fingerprint density at radius 2 is 1.55 bits per heavy atom. The quantitative estimate of drug-likeness (QED) is 0.257. The second-order valence-corrected chi connectivity index (χ2v) is 10.6. The normalized spacial score (nSPS) is 12.5. The number of para-hydroxylation sites is 1. The van der Waals surface area contributed by atoms with Crippen LogP contribution in [0.15, 0.2) is 54.7 Å². The lowest BCUT2D eigenvalue weighted by Crippen LogP contribution is -2.46. The number of non-ortho nitro benzene ring substituents is 1. The van der Waals surface area contributed by atoms with Gasteiger partial charge in [-0.1, -0.05) is 18.2 Å². The van der Waals surface area contributed by atoms with Gasteiger partial charge in [-0.15, -0.1) is 0 Å². The number of nitro benzene ring substituents is 1. The van der Waals surface area contributed by atoms with Crippen LogP contribution in [-0.4, -0.2) is 44.9 Å². The molecular weight excluding hydrogens is 494 g/mol. The Kier molecular flexibility index (Phi) is 8.09. The maximum atomic E-state index is 13.1. The maximum absolute atomic E-state index is 13.1. The summed E-state index contributed by atoms with van der Waals surface area (Å²) in [5.41, 5.74) is -0.536. The van der Waals surface area contributed by atoms with Crippen LogP contribution in [0, 0.1) is 10.1 Å². The van der Waals surface area contributed by atoms with E-state index in [4.69, 9.17) is 14.2 Å². The third-order valence-electron chi connectivity index (χ3n) is 5.05. The number of esters is 1. The Labute approximate surface area is 219 Å². The second kappa shape index (κ2) is 10.9. The standard InChI is InChI=1S/C27H31N3O8/c1-26(2,3)37-23(31)21(28-24(32)36-19-13-11-18(12-14-19)30(34)35)15-17-16-29(25(33)38-27(4,5)6)22-10-8-7-9-20(17)22/h7-14,16,21H,15H2,1-6H3,(H,28,32)/t21-/m0/s1. The van der Waals surface area contributed by atoms with Gasteiger partial charge in [0.2, 0.25) is 0 Å². The summed E-state index contributed by atoms with van der Waals surface area (Å²) in [6.07, 6.45) is 0.0185. The van der Waals surface area contributed by atoms with E-state index >= 15 is 0 Å². The SMILES string of the molecule is CC(C)(C)OC(=O)[C@H](Cc1cn(C(=O)OC(C)(C)C)c2ccccc12)NC(=O)Oc1ccc([N+](=O)[O-])cc1. The van der Waals surface area contributed by atoms with Crippen LogP contribution in [-0.2, 0) is 20.7 Å². The lowest BCUT2D eigenvalue weighted by molar-refractivity contribution is -0.384. The topological polar surface area (TPSA) is 139 Å². The lowest BCUT2D eigenvalue weighted by atomic mass is 10.0. The van der Waals surface area contributed by atoms with Crippen molar-refractivity contribution in [3.05, 3.63) is 70.4 Å². The number of nitrogens with one attached hydrogen (secondary N) is 1. The number of hydrogen-bond acceptors (Lipinski definition) is 8. The van der Waals surface area contributed by atoms with Crippen LogP contribution in [0.5, 0.6) is 5.75 Å². The molecule has 0 aliphatic carbocycles. The molecule has 0 fully saturated rings. The predicted octanol–water partition coefficient (Wildman–Crippen LogP) is 5.37. The number of rotatable bonds is 6. The van der Waals surface area contributed by atoms with E-state index in [0.29, 0.717) is 16.5 Å². The molecule has 202 valence electrons. The van der Waals surface area contributed by atoms with Gasteiger partial charge in [-0.2, -0.15) is 0 Å². The Hall–Kier alpha value is -4.41. The summed E-state index contributed by atoms with van der Waals surface area (Å²) >= 11 is 0. The van der Waals surface area contributed by atoms with Crippen LogP contribution >= 0.6 is 0 Å². The van der Waals surface area contributed by atoms with Crippen molar-refractivity contribution < 1.29 is 33.5 Å². The summed E-state index contributed by atoms with van der Waals surface area (Å²) in [4.78, 5) is 48.9. The number of carbonyl (C=O) groups is 3. The Morgan fingerprint density at radius 3 is 2.13 bits per heavy atom. The van der Waals surface area contributed by atoms with Crippen LogP contribution < -0.4 is 10.1 Å². The van der Waals surface area contributed by atoms with E-state index < -0.39 is 40.3 Å². The first-order valence-electron chi connectivity index (χ1n) is 11.9. The first-order chi connectivity index (χ1) is 17.6. The minimum absolute atomic E-state index is 0.0133. The van der Waals surface area contributed by atoms with Gasteiger partial charge in [-0.3, -0.25) is 14.7 Å². The predicted molar refractivity (Wildman–Crippen MR) is 139 cm³/mol. The lowest BCUT2D eigenvalue weighted by Gasteiger charge is -2.24. The number of fused-ring (bicyclic) bond motifs is 1. The van der Waals surface area contributed by atoms with Crippen molar-refractivity contribution >= 4 is 34.7 Å². The van der Waals surface area contributed by atoms with Gasteiger partial charge in [0.25, 0.3) is 5.69 Å². The molecule has 1 heterocycles. The summed E-state index contributed by atoms with van der Waals surface area (Å²) < 4.78 is 17.6. The molecule has 0 radical (unpaired) electrons. The summed E-state index contributed by atoms with van der Waals surface area (Å²) in [6, 6.07) is 10.9. The molecule has 11 heteroatoms. The smallest absolute Gasteiger partial charge is 0.419 e. The van der Waals surface area contributed by atoms with E-state index in [9.17, 15) is 24.5 Å². The van der Waals surface area contributed by atoms with Crippen molar-refractivity contribution in [3.63, 3.8) is 0 Å². The molecule has 0 saturated heterocycles. The highest BCUT2D eigenvalue weighted by Gasteiger charge is 2.30. The zero-order valence-corrected chi connectivity index (χ0v) is 22.1. The first-order valence-corrected chi connectivity index (χ1v) is 11.9. The molecule has 11 nitrogen and oxygen atoms in total. The van der Waals surface area contributed by atoms with Gasteiger partial charge in [0.15, 0.2) is 0 Å². The van der Waals surface area contributed by atoms with E-state index in [1.54, 1.807) is 72.0 Å². The minimum atomic E-state index is -1.17. The van der Waals surface area contributed by atoms with Crippen LogP contribution in [0.3, 0.4) is 0 Å². The van der Waals surface area contributed by atoms with E-state index in [-0.39, 0.29) is 17.9 Å². The van der Waals surface area contributed by atoms with E-state index in [0.717, 1.165) is 0 Å². The monoisotopic (exact) mass is 525 g/mol. The fraction of sp³-hybridized carbons (Fsp3) is 0.370. The summed E-state index contributed by atoms with van der Waals surface area (Å²) in [6.45, 7) is 10.4. The zero-order chi connectivity index (χ0) is 28.3. The van der Waals surface area contributed by atoms with Gasteiger partial charge >= 0.3 is 18.2 Å². The number of carbonyl (C=O) groups excluding carboxylic acids is 3. The molecule has 0 aliphatic rings. The number of hydrogen-bond donors (Lipinski definition) is 1. The van der Waals surface area contributed by atoms with Crippen molar-refractivity contribution in [2.45, 2.75) is 65.2 Å². The molecule has 1 atom stereocenters. The van der Waals surface area contributed by atoms with Crippen molar-refractivity contribution in [2.75, 3.05) is 0 Å². The van der Waals surface area contributed by atoms with E-state index in [1.165, 1.54) is 28.8 Å². The molecule has 0 spiro atoms. The summed E-state index contributed by atoms with van der Waals surface area (Å²) in [5.74, 6) is -0.648. The van der Waals surface area contributed by atoms with Gasteiger partial charge in [-0.25, -0.2) is 14.4 Å². The molecule has 0 aliphatic heterocycles. The average Bonchev–Trinajstić information content (AvgIpc) is 3.15. The zero-order valence-electron chi connectivity index (χ0n) is 22.1. The fourth-order valence-corrected chi connectivity index (χ4v) is 3.58. The number of benzene rings is 2. The highest BCUT2D eigenvalue weighted by Crippen LogP contribution is 2.25. The van der Waals surface area contributed by atoms with Crippen molar-refractivity contribution in [2.24, 2.45) is 0 Å². The molecule has 1 N–H and O–H groups in total. The Bertz CT molecular complexity index is 1350. The van der Waals surface area contributed by atoms with Crippen LogP contribution in [0.1, 0.15) is 47.1 Å². The Morgan fingerprint density at radius 1 is 0.947 bits per heavy atom. The molecule has 3 rings (SSSR count). The van der Waals surface area contributed by atoms with E-state index in [1.807, 2.05) is 0 Å². The maximum Gasteiger partial charge on any atom is 0.419 e. The van der Waals surface area contributed by atoms with Crippen LogP contribution in [0.4, 0.5) is 15.3 Å². The highest BCUT2D eigenvalue weighted by molar-refractivity contribution is 5.93. The number of nitro groups is 1. The van der Waals surface area contributed by atoms with E-state index in [2.05, 4.69) is 5.32 Å². The van der Waals surface area contributed by atoms with Gasteiger partial charge < -0.3 is 19.5 Å². The third kappa shape index (κ3) is 7.55. The molecule has 38 heavy (non-hydrogen) atoms. The third-order valence-corrected chi connectivity index (χ3v) is 5.05. The first kappa shape index (κ1) is 28.2. The molecule has 3 aromatic rings. The molecular formula is C27H31N3O8. The Balaban J connectivity index is 1.89. The molecule has 0 bridgehead atoms. The molecule has 1 amide bonds. The van der Waals surface area contributed by atoms with Crippen molar-refractivity contribution in [1.29, 1.82) is 0 Å². The molecule has 1 aromatic heterocycles. The van der Waals surface area contributed by atoms with Gasteiger partial charge in [0, 0.05) is 30.1 Å². The average molecular weight is 526 g/mol. The highest BCUT2D eigenvalue weighted by atomic mass is 16.6. The summed E-state index contributed by atoms with van der Waals surface area (Å²) in [5, 5.41) is 14.1. The van der Waals surface area contributed by atoms with Crippen molar-refractivity contribution in [3.8, 4) is 5.75 Å². The number of ether oxygens (including phenoxy) is 3.